The highest BCUT2D eigenvalue weighted by molar-refractivity contribution is 5.76. The van der Waals surface area contributed by atoms with E-state index in [1.54, 1.807) is 6.92 Å². The van der Waals surface area contributed by atoms with Crippen molar-refractivity contribution in [3.8, 4) is 0 Å². The third-order valence-electron chi connectivity index (χ3n) is 6.79. The molecule has 0 aromatic carbocycles. The van der Waals surface area contributed by atoms with E-state index in [1.807, 2.05) is 0 Å². The van der Waals surface area contributed by atoms with Gasteiger partial charge in [0.25, 0.3) is 0 Å². The predicted octanol–water partition coefficient (Wildman–Crippen LogP) is 6.59. The Labute approximate surface area is 210 Å². The Morgan fingerprint density at radius 1 is 0.971 bits per heavy atom. The molecule has 1 amide bonds. The molecular formula is C30H52N2O2. The number of aliphatic hydroxyl groups excluding tert-OH is 1. The second-order valence-electron chi connectivity index (χ2n) is 10.4. The monoisotopic (exact) mass is 472 g/mol. The van der Waals surface area contributed by atoms with Crippen molar-refractivity contribution in [3.05, 3.63) is 48.6 Å². The van der Waals surface area contributed by atoms with Crippen LogP contribution in [0.15, 0.2) is 48.6 Å². The predicted molar refractivity (Wildman–Crippen MR) is 147 cm³/mol. The molecule has 0 spiro atoms. The maximum Gasteiger partial charge on any atom is 0.220 e. The first-order chi connectivity index (χ1) is 16.4. The van der Waals surface area contributed by atoms with Gasteiger partial charge in [-0.2, -0.15) is 0 Å². The number of rotatable bonds is 17. The van der Waals surface area contributed by atoms with E-state index in [0.29, 0.717) is 12.3 Å². The Bertz CT molecular complexity index is 642. The molecule has 1 unspecified atom stereocenters. The van der Waals surface area contributed by atoms with E-state index in [9.17, 15) is 4.79 Å². The zero-order chi connectivity index (χ0) is 25.1. The number of nitrogens with zero attached hydrogens (tertiary/aromatic N) is 1. The molecule has 2 N–H and O–H groups in total. The number of carbonyl (C=O) groups is 1. The summed E-state index contributed by atoms with van der Waals surface area (Å²) in [5.74, 6) is 0.733. The first-order valence-corrected chi connectivity index (χ1v) is 13.6. The quantitative estimate of drug-likeness (QED) is 0.185. The molecule has 1 fully saturated rings. The zero-order valence-electron chi connectivity index (χ0n) is 22.5. The van der Waals surface area contributed by atoms with Crippen LogP contribution in [0.4, 0.5) is 0 Å². The molecule has 1 aliphatic rings. The number of nitrogens with one attached hydrogen (secondary N) is 1. The van der Waals surface area contributed by atoms with Gasteiger partial charge in [0.05, 0.1) is 6.61 Å². The molecule has 0 aromatic rings. The number of aliphatic hydroxyl groups is 1. The van der Waals surface area contributed by atoms with Crippen LogP contribution in [0.1, 0.15) is 91.9 Å². The summed E-state index contributed by atoms with van der Waals surface area (Å²) in [5.41, 5.74) is 0.244. The molecule has 4 heteroatoms. The summed E-state index contributed by atoms with van der Waals surface area (Å²) in [5, 5.41) is 11.7. The van der Waals surface area contributed by atoms with Crippen molar-refractivity contribution in [2.24, 2.45) is 11.3 Å². The number of unbranched alkanes of at least 4 members (excludes halogenated alkanes) is 1. The number of allylic oxidation sites excluding steroid dienone is 8. The third-order valence-corrected chi connectivity index (χ3v) is 6.79. The summed E-state index contributed by atoms with van der Waals surface area (Å²) in [7, 11) is 0. The average molecular weight is 473 g/mol. The summed E-state index contributed by atoms with van der Waals surface area (Å²) in [4.78, 5) is 14.3. The number of hydrogen-bond donors (Lipinski definition) is 2. The summed E-state index contributed by atoms with van der Waals surface area (Å²) in [6, 6.07) is -0.159. The first kappa shape index (κ1) is 30.4. The fourth-order valence-electron chi connectivity index (χ4n) is 4.46. The van der Waals surface area contributed by atoms with E-state index in [4.69, 9.17) is 5.11 Å². The fourth-order valence-corrected chi connectivity index (χ4v) is 4.46. The fraction of sp³-hybridized carbons (Fsp3) is 0.700. The third kappa shape index (κ3) is 14.6. The molecule has 0 bridgehead atoms. The van der Waals surface area contributed by atoms with Crippen molar-refractivity contribution < 1.29 is 9.90 Å². The minimum atomic E-state index is -0.159. The molecule has 1 heterocycles. The Balaban J connectivity index is 2.15. The lowest BCUT2D eigenvalue weighted by molar-refractivity contribution is -0.122. The van der Waals surface area contributed by atoms with Gasteiger partial charge >= 0.3 is 0 Å². The highest BCUT2D eigenvalue weighted by Gasteiger charge is 2.27. The van der Waals surface area contributed by atoms with E-state index < -0.39 is 0 Å². The van der Waals surface area contributed by atoms with Gasteiger partial charge in [0, 0.05) is 19.0 Å². The van der Waals surface area contributed by atoms with Crippen LogP contribution in [-0.4, -0.2) is 48.2 Å². The minimum Gasteiger partial charge on any atom is -0.394 e. The maximum atomic E-state index is 11.6. The first-order valence-electron chi connectivity index (χ1n) is 13.6. The van der Waals surface area contributed by atoms with Gasteiger partial charge in [-0.25, -0.2) is 0 Å². The van der Waals surface area contributed by atoms with Gasteiger partial charge in [0.15, 0.2) is 0 Å². The van der Waals surface area contributed by atoms with Crippen LogP contribution in [0, 0.1) is 11.3 Å². The smallest absolute Gasteiger partial charge is 0.220 e. The Hall–Kier alpha value is -1.65. The minimum absolute atomic E-state index is 0.0135. The number of likely N-dealkylation sites (tertiary alicyclic amines) is 1. The second-order valence-corrected chi connectivity index (χ2v) is 10.4. The van der Waals surface area contributed by atoms with Crippen molar-refractivity contribution >= 4 is 5.91 Å². The molecule has 0 aliphatic carbocycles. The van der Waals surface area contributed by atoms with Gasteiger partial charge in [-0.1, -0.05) is 82.2 Å². The molecular weight excluding hydrogens is 420 g/mol. The number of carbonyl (C=O) groups excluding carboxylic acids is 1. The van der Waals surface area contributed by atoms with Gasteiger partial charge < -0.3 is 15.3 Å². The maximum absolute atomic E-state index is 11.6. The SMILES string of the molecule is CCC(CN1CCCCC1)C(C)(C)/C=C\C/C=C\C/C=C\C/C=C\CCCC(=O)N[C@H](C)CO. The lowest BCUT2D eigenvalue weighted by atomic mass is 9.76. The molecule has 0 aromatic heterocycles. The van der Waals surface area contributed by atoms with E-state index in [1.165, 1.54) is 45.3 Å². The lowest BCUT2D eigenvalue weighted by Crippen LogP contribution is -2.38. The van der Waals surface area contributed by atoms with Crippen LogP contribution in [0.5, 0.6) is 0 Å². The topological polar surface area (TPSA) is 52.6 Å². The van der Waals surface area contributed by atoms with Crippen LogP contribution in [0.3, 0.4) is 0 Å². The lowest BCUT2D eigenvalue weighted by Gasteiger charge is -2.37. The number of hydrogen-bond acceptors (Lipinski definition) is 3. The number of piperidine rings is 1. The van der Waals surface area contributed by atoms with Gasteiger partial charge in [0.1, 0.15) is 0 Å². The van der Waals surface area contributed by atoms with Crippen molar-refractivity contribution in [1.82, 2.24) is 10.2 Å². The van der Waals surface area contributed by atoms with E-state index in [-0.39, 0.29) is 24.0 Å². The molecule has 0 saturated carbocycles. The second kappa shape index (κ2) is 18.6. The Kier molecular flexibility index (Phi) is 16.7. The van der Waals surface area contributed by atoms with Crippen molar-refractivity contribution in [3.63, 3.8) is 0 Å². The van der Waals surface area contributed by atoms with E-state index >= 15 is 0 Å². The average Bonchev–Trinajstić information content (AvgIpc) is 2.83. The van der Waals surface area contributed by atoms with E-state index in [0.717, 1.165) is 32.1 Å². The van der Waals surface area contributed by atoms with E-state index in [2.05, 4.69) is 79.6 Å². The van der Waals surface area contributed by atoms with Gasteiger partial charge in [0.2, 0.25) is 5.91 Å². The molecule has 1 saturated heterocycles. The number of amides is 1. The molecule has 194 valence electrons. The Morgan fingerprint density at radius 2 is 1.56 bits per heavy atom. The molecule has 34 heavy (non-hydrogen) atoms. The van der Waals surface area contributed by atoms with Gasteiger partial charge in [-0.05, 0) is 76.3 Å². The van der Waals surface area contributed by atoms with Crippen LogP contribution >= 0.6 is 0 Å². The highest BCUT2D eigenvalue weighted by atomic mass is 16.3. The van der Waals surface area contributed by atoms with Crippen LogP contribution in [0.25, 0.3) is 0 Å². The Morgan fingerprint density at radius 3 is 2.15 bits per heavy atom. The van der Waals surface area contributed by atoms with Crippen molar-refractivity contribution in [1.29, 1.82) is 0 Å². The normalized spacial score (nSPS) is 17.9. The largest absolute Gasteiger partial charge is 0.394 e. The van der Waals surface area contributed by atoms with Crippen LogP contribution in [0.2, 0.25) is 0 Å². The summed E-state index contributed by atoms with van der Waals surface area (Å²) >= 11 is 0. The molecule has 1 aliphatic heterocycles. The van der Waals surface area contributed by atoms with Crippen LogP contribution in [-0.2, 0) is 4.79 Å². The van der Waals surface area contributed by atoms with Crippen LogP contribution < -0.4 is 5.32 Å². The van der Waals surface area contributed by atoms with Gasteiger partial charge in [-0.3, -0.25) is 4.79 Å². The molecule has 4 nitrogen and oxygen atoms in total. The molecule has 2 atom stereocenters. The highest BCUT2D eigenvalue weighted by Crippen LogP contribution is 2.32. The standard InChI is InChI=1S/C30H52N2O2/c1-5-28(25-32-23-19-16-20-24-32)30(3,4)22-18-15-13-11-9-7-6-8-10-12-14-17-21-29(34)31-27(2)26-33/h6-7,10-13,18,22,27-28,33H,5,8-9,14-17,19-21,23-26H2,1-4H3,(H,31,34)/b7-6-,12-10-,13-11-,22-18-/t27-,28?/m1/s1. The zero-order valence-corrected chi connectivity index (χ0v) is 22.5. The van der Waals surface area contributed by atoms with Crippen molar-refractivity contribution in [2.75, 3.05) is 26.2 Å². The molecule has 0 radical (unpaired) electrons. The summed E-state index contributed by atoms with van der Waals surface area (Å²) < 4.78 is 0. The summed E-state index contributed by atoms with van der Waals surface area (Å²) in [6.07, 6.45) is 28.6. The van der Waals surface area contributed by atoms with Crippen molar-refractivity contribution in [2.45, 2.75) is 97.9 Å². The van der Waals surface area contributed by atoms with Gasteiger partial charge in [-0.15, -0.1) is 0 Å². The summed E-state index contributed by atoms with van der Waals surface area (Å²) in [6.45, 7) is 12.7. The molecule has 1 rings (SSSR count).